The minimum absolute atomic E-state index is 0.533. The Bertz CT molecular complexity index is 674. The molecule has 1 saturated heterocycles. The third kappa shape index (κ3) is 3.61. The molecule has 0 aliphatic carbocycles. The summed E-state index contributed by atoms with van der Waals surface area (Å²) < 4.78 is 10.6. The molecule has 0 spiro atoms. The summed E-state index contributed by atoms with van der Waals surface area (Å²) >= 11 is 0. The van der Waals surface area contributed by atoms with Crippen molar-refractivity contribution in [1.82, 2.24) is 4.90 Å². The molecule has 0 amide bonds. The number of likely N-dealkylation sites (tertiary alicyclic amines) is 1. The smallest absolute Gasteiger partial charge is 0.124 e. The quantitative estimate of drug-likeness (QED) is 0.886. The lowest BCUT2D eigenvalue weighted by Gasteiger charge is -2.24. The highest BCUT2D eigenvalue weighted by Gasteiger charge is 2.37. The van der Waals surface area contributed by atoms with Gasteiger partial charge >= 0.3 is 0 Å². The maximum Gasteiger partial charge on any atom is 0.124 e. The van der Waals surface area contributed by atoms with Crippen molar-refractivity contribution in [1.29, 1.82) is 0 Å². The molecule has 1 atom stereocenters. The zero-order chi connectivity index (χ0) is 17.0. The van der Waals surface area contributed by atoms with Gasteiger partial charge < -0.3 is 14.6 Å². The number of nitrogens with zero attached hydrogens (tertiary/aromatic N) is 1. The van der Waals surface area contributed by atoms with Crippen molar-refractivity contribution < 1.29 is 14.6 Å². The Labute approximate surface area is 143 Å². The molecule has 2 aromatic carbocycles. The van der Waals surface area contributed by atoms with Gasteiger partial charge in [-0.05, 0) is 29.7 Å². The summed E-state index contributed by atoms with van der Waals surface area (Å²) in [6.07, 6.45) is 0.762. The first-order valence-electron chi connectivity index (χ1n) is 8.29. The molecule has 1 unspecified atom stereocenters. The highest BCUT2D eigenvalue weighted by atomic mass is 16.5. The molecule has 1 N–H and O–H groups in total. The zero-order valence-electron chi connectivity index (χ0n) is 14.4. The molecular formula is C20H25NO3. The molecule has 0 aromatic heterocycles. The normalized spacial score (nSPS) is 21.1. The van der Waals surface area contributed by atoms with Gasteiger partial charge in [0.25, 0.3) is 0 Å². The summed E-state index contributed by atoms with van der Waals surface area (Å²) in [7, 11) is 3.36. The van der Waals surface area contributed by atoms with Gasteiger partial charge in [-0.3, -0.25) is 4.90 Å². The van der Waals surface area contributed by atoms with E-state index in [2.05, 4.69) is 17.0 Å². The van der Waals surface area contributed by atoms with Crippen LogP contribution >= 0.6 is 0 Å². The van der Waals surface area contributed by atoms with Crippen molar-refractivity contribution in [3.8, 4) is 5.75 Å². The van der Waals surface area contributed by atoms with E-state index in [0.717, 1.165) is 36.4 Å². The fourth-order valence-corrected chi connectivity index (χ4v) is 3.45. The molecule has 2 aromatic rings. The van der Waals surface area contributed by atoms with Crippen molar-refractivity contribution >= 4 is 0 Å². The third-order valence-corrected chi connectivity index (χ3v) is 4.69. The molecule has 128 valence electrons. The molecule has 0 radical (unpaired) electrons. The first-order chi connectivity index (χ1) is 11.6. The average Bonchev–Trinajstić information content (AvgIpc) is 2.98. The Balaban J connectivity index is 1.70. The second-order valence-corrected chi connectivity index (χ2v) is 6.44. The van der Waals surface area contributed by atoms with Gasteiger partial charge in [0, 0.05) is 32.3 Å². The molecule has 0 saturated carbocycles. The van der Waals surface area contributed by atoms with Crippen LogP contribution in [0.3, 0.4) is 0 Å². The van der Waals surface area contributed by atoms with E-state index in [0.29, 0.717) is 13.2 Å². The third-order valence-electron chi connectivity index (χ3n) is 4.69. The van der Waals surface area contributed by atoms with E-state index in [1.807, 2.05) is 36.4 Å². The number of ether oxygens (including phenoxy) is 2. The van der Waals surface area contributed by atoms with Crippen LogP contribution in [-0.2, 0) is 23.5 Å². The summed E-state index contributed by atoms with van der Waals surface area (Å²) in [4.78, 5) is 2.30. The minimum atomic E-state index is -0.747. The van der Waals surface area contributed by atoms with Crippen molar-refractivity contribution in [2.45, 2.75) is 25.2 Å². The predicted octanol–water partition coefficient (Wildman–Crippen LogP) is 2.94. The van der Waals surface area contributed by atoms with Gasteiger partial charge in [-0.15, -0.1) is 0 Å². The zero-order valence-corrected chi connectivity index (χ0v) is 14.4. The van der Waals surface area contributed by atoms with Crippen LogP contribution < -0.4 is 4.74 Å². The van der Waals surface area contributed by atoms with Crippen LogP contribution in [0.1, 0.15) is 23.1 Å². The second-order valence-electron chi connectivity index (χ2n) is 6.44. The number of β-amino-alcohol motifs (C(OH)–C–C–N with tert-alkyl or cyclic N) is 1. The van der Waals surface area contributed by atoms with Gasteiger partial charge in [0.2, 0.25) is 0 Å². The van der Waals surface area contributed by atoms with Gasteiger partial charge in [-0.2, -0.15) is 0 Å². The van der Waals surface area contributed by atoms with E-state index >= 15 is 0 Å². The van der Waals surface area contributed by atoms with Crippen LogP contribution in [0.5, 0.6) is 5.75 Å². The van der Waals surface area contributed by atoms with Gasteiger partial charge in [0.15, 0.2) is 0 Å². The molecule has 3 rings (SSSR count). The van der Waals surface area contributed by atoms with Crippen molar-refractivity contribution in [2.75, 3.05) is 27.3 Å². The standard InChI is InChI=1S/C20H25NO3/c1-23-14-17-12-16(8-9-19(17)24-2)13-21-11-10-20(22,15-21)18-6-4-3-5-7-18/h3-9,12,22H,10-11,13-15H2,1-2H3. The monoisotopic (exact) mass is 327 g/mol. The number of hydrogen-bond donors (Lipinski definition) is 1. The van der Waals surface area contributed by atoms with Crippen LogP contribution in [0.25, 0.3) is 0 Å². The van der Waals surface area contributed by atoms with Gasteiger partial charge in [0.05, 0.1) is 13.7 Å². The van der Waals surface area contributed by atoms with Crippen LogP contribution in [0.15, 0.2) is 48.5 Å². The largest absolute Gasteiger partial charge is 0.496 e. The first-order valence-corrected chi connectivity index (χ1v) is 8.29. The molecule has 1 heterocycles. The van der Waals surface area contributed by atoms with Crippen molar-refractivity contribution in [3.05, 3.63) is 65.2 Å². The lowest BCUT2D eigenvalue weighted by molar-refractivity contribution is 0.0453. The maximum absolute atomic E-state index is 11.0. The lowest BCUT2D eigenvalue weighted by atomic mass is 9.93. The Morgan fingerprint density at radius 3 is 2.62 bits per heavy atom. The highest BCUT2D eigenvalue weighted by molar-refractivity contribution is 5.37. The molecular weight excluding hydrogens is 302 g/mol. The van der Waals surface area contributed by atoms with Gasteiger partial charge in [0.1, 0.15) is 11.4 Å². The van der Waals surface area contributed by atoms with E-state index in [4.69, 9.17) is 9.47 Å². The second kappa shape index (κ2) is 7.34. The van der Waals surface area contributed by atoms with Crippen LogP contribution in [0.2, 0.25) is 0 Å². The van der Waals surface area contributed by atoms with Crippen LogP contribution in [0, 0.1) is 0 Å². The highest BCUT2D eigenvalue weighted by Crippen LogP contribution is 2.33. The summed E-state index contributed by atoms with van der Waals surface area (Å²) in [5.74, 6) is 0.850. The fraction of sp³-hybridized carbons (Fsp3) is 0.400. The molecule has 1 aliphatic rings. The van der Waals surface area contributed by atoms with E-state index in [9.17, 15) is 5.11 Å². The Morgan fingerprint density at radius 1 is 1.12 bits per heavy atom. The average molecular weight is 327 g/mol. The summed E-state index contributed by atoms with van der Waals surface area (Å²) in [5.41, 5.74) is 2.51. The predicted molar refractivity (Wildman–Crippen MR) is 93.9 cm³/mol. The van der Waals surface area contributed by atoms with E-state index in [-0.39, 0.29) is 0 Å². The van der Waals surface area contributed by atoms with Crippen molar-refractivity contribution in [2.24, 2.45) is 0 Å². The molecule has 1 fully saturated rings. The molecule has 0 bridgehead atoms. The Kier molecular flexibility index (Phi) is 5.19. The maximum atomic E-state index is 11.0. The molecule has 4 nitrogen and oxygen atoms in total. The van der Waals surface area contributed by atoms with E-state index < -0.39 is 5.60 Å². The topological polar surface area (TPSA) is 41.9 Å². The number of methoxy groups -OCH3 is 2. The van der Waals surface area contributed by atoms with Gasteiger partial charge in [-0.1, -0.05) is 36.4 Å². The summed E-state index contributed by atoms with van der Waals surface area (Å²) in [6.45, 7) is 2.89. The SMILES string of the molecule is COCc1cc(CN2CCC(O)(c3ccccc3)C2)ccc1OC. The number of aliphatic hydroxyl groups is 1. The summed E-state index contributed by atoms with van der Waals surface area (Å²) in [5, 5.41) is 11.0. The van der Waals surface area contributed by atoms with Crippen molar-refractivity contribution in [3.63, 3.8) is 0 Å². The van der Waals surface area contributed by atoms with E-state index in [1.165, 1.54) is 5.56 Å². The molecule has 24 heavy (non-hydrogen) atoms. The lowest BCUT2D eigenvalue weighted by Crippen LogP contribution is -2.30. The van der Waals surface area contributed by atoms with Crippen LogP contribution in [-0.4, -0.2) is 37.3 Å². The summed E-state index contributed by atoms with van der Waals surface area (Å²) in [6, 6.07) is 16.2. The molecule has 4 heteroatoms. The number of benzene rings is 2. The number of rotatable bonds is 6. The van der Waals surface area contributed by atoms with E-state index in [1.54, 1.807) is 14.2 Å². The Morgan fingerprint density at radius 2 is 1.92 bits per heavy atom. The van der Waals surface area contributed by atoms with Crippen LogP contribution in [0.4, 0.5) is 0 Å². The fourth-order valence-electron chi connectivity index (χ4n) is 3.45. The van der Waals surface area contributed by atoms with Gasteiger partial charge in [-0.25, -0.2) is 0 Å². The Hall–Kier alpha value is -1.88. The number of hydrogen-bond acceptors (Lipinski definition) is 4. The molecule has 1 aliphatic heterocycles. The minimum Gasteiger partial charge on any atom is -0.496 e. The first kappa shape index (κ1) is 17.0.